The van der Waals surface area contributed by atoms with E-state index in [1.807, 2.05) is 30.3 Å². The fourth-order valence-electron chi connectivity index (χ4n) is 2.68. The number of para-hydroxylation sites is 1. The molecule has 1 saturated heterocycles. The molecule has 0 spiro atoms. The molecule has 0 radical (unpaired) electrons. The van der Waals surface area contributed by atoms with Crippen molar-refractivity contribution < 1.29 is 9.47 Å². The summed E-state index contributed by atoms with van der Waals surface area (Å²) in [6.45, 7) is 0.787. The molecule has 0 bridgehead atoms. The Bertz CT molecular complexity index is 702. The summed E-state index contributed by atoms with van der Waals surface area (Å²) in [5, 5.41) is 0. The summed E-state index contributed by atoms with van der Waals surface area (Å²) in [6, 6.07) is 16.1. The van der Waals surface area contributed by atoms with Gasteiger partial charge >= 0.3 is 0 Å². The van der Waals surface area contributed by atoms with Crippen molar-refractivity contribution >= 4 is 18.1 Å². The van der Waals surface area contributed by atoms with Crippen LogP contribution in [0, 0.1) is 0 Å². The Balaban J connectivity index is 1.75. The number of rotatable bonds is 5. The summed E-state index contributed by atoms with van der Waals surface area (Å²) in [7, 11) is 1.73. The minimum absolute atomic E-state index is 0.116. The molecular weight excluding hydrogens is 300 g/mol. The van der Waals surface area contributed by atoms with Gasteiger partial charge < -0.3 is 9.47 Å². The van der Waals surface area contributed by atoms with E-state index in [9.17, 15) is 0 Å². The van der Waals surface area contributed by atoms with Gasteiger partial charge in [-0.05, 0) is 36.6 Å². The van der Waals surface area contributed by atoms with E-state index in [0.29, 0.717) is 0 Å². The molecule has 1 fully saturated rings. The summed E-state index contributed by atoms with van der Waals surface area (Å²) in [6.07, 6.45) is 6.51. The molecule has 2 aromatic carbocycles. The zero-order chi connectivity index (χ0) is 16.6. The summed E-state index contributed by atoms with van der Waals surface area (Å²) in [5.41, 5.74) is 3.11. The van der Waals surface area contributed by atoms with Gasteiger partial charge in [-0.15, -0.1) is 0 Å². The van der Waals surface area contributed by atoms with E-state index in [0.717, 1.165) is 48.4 Å². The maximum absolute atomic E-state index is 5.89. The van der Waals surface area contributed by atoms with E-state index >= 15 is 0 Å². The van der Waals surface area contributed by atoms with E-state index in [1.165, 1.54) is 0 Å². The van der Waals surface area contributed by atoms with Crippen molar-refractivity contribution in [3.63, 3.8) is 0 Å². The monoisotopic (exact) mass is 322 g/mol. The first-order chi connectivity index (χ1) is 11.9. The van der Waals surface area contributed by atoms with E-state index in [2.05, 4.69) is 28.2 Å². The minimum Gasteiger partial charge on any atom is -0.465 e. The highest BCUT2D eigenvalue weighted by Gasteiger charge is 2.15. The third kappa shape index (κ3) is 4.30. The fourth-order valence-corrected chi connectivity index (χ4v) is 2.68. The highest BCUT2D eigenvalue weighted by molar-refractivity contribution is 6.17. The van der Waals surface area contributed by atoms with Gasteiger partial charge in [0.05, 0.1) is 12.3 Å². The molecule has 124 valence electrons. The number of nitrogens with zero attached hydrogens (tertiary/aromatic N) is 2. The summed E-state index contributed by atoms with van der Waals surface area (Å²) in [5.74, 6) is 0.838. The molecule has 0 aromatic heterocycles. The minimum atomic E-state index is -0.116. The molecule has 2 aromatic rings. The summed E-state index contributed by atoms with van der Waals surface area (Å²) < 4.78 is 11.5. The quantitative estimate of drug-likeness (QED) is 0.751. The fraction of sp³-hybridized carbons (Fsp3) is 0.300. The first-order valence-corrected chi connectivity index (χ1v) is 8.29. The molecular formula is C20H22N2O2. The zero-order valence-corrected chi connectivity index (χ0v) is 13.9. The lowest BCUT2D eigenvalue weighted by Crippen LogP contribution is -2.24. The Hall–Kier alpha value is -2.46. The first kappa shape index (κ1) is 16.4. The first-order valence-electron chi connectivity index (χ1n) is 8.29. The number of aliphatic imine (C=N–C) groups is 2. The molecule has 4 nitrogen and oxygen atoms in total. The molecule has 1 heterocycles. The Labute approximate surface area is 142 Å². The van der Waals surface area contributed by atoms with Gasteiger partial charge in [-0.2, -0.15) is 0 Å². The molecule has 0 saturated carbocycles. The number of benzene rings is 2. The molecule has 1 aliphatic rings. The Morgan fingerprint density at radius 3 is 2.62 bits per heavy atom. The van der Waals surface area contributed by atoms with Crippen molar-refractivity contribution in [3.05, 3.63) is 48.5 Å². The zero-order valence-electron chi connectivity index (χ0n) is 13.9. The lowest BCUT2D eigenvalue weighted by molar-refractivity contribution is -0.105. The Morgan fingerprint density at radius 1 is 1.04 bits per heavy atom. The van der Waals surface area contributed by atoms with Gasteiger partial charge in [0.1, 0.15) is 5.75 Å². The number of ether oxygens (including phenoxy) is 2. The van der Waals surface area contributed by atoms with Crippen molar-refractivity contribution in [2.24, 2.45) is 9.98 Å². The van der Waals surface area contributed by atoms with Crippen LogP contribution in [-0.4, -0.2) is 32.4 Å². The lowest BCUT2D eigenvalue weighted by Gasteiger charge is -2.23. The van der Waals surface area contributed by atoms with Gasteiger partial charge in [0.15, 0.2) is 6.29 Å². The summed E-state index contributed by atoms with van der Waals surface area (Å²) >= 11 is 0. The van der Waals surface area contributed by atoms with Gasteiger partial charge in [0.25, 0.3) is 0 Å². The highest BCUT2D eigenvalue weighted by Crippen LogP contribution is 2.31. The van der Waals surface area contributed by atoms with Crippen LogP contribution in [0.3, 0.4) is 0 Å². The molecule has 0 amide bonds. The van der Waals surface area contributed by atoms with Crippen LogP contribution >= 0.6 is 0 Å². The van der Waals surface area contributed by atoms with Crippen molar-refractivity contribution in [2.45, 2.75) is 25.6 Å². The molecule has 1 aliphatic heterocycles. The van der Waals surface area contributed by atoms with Crippen LogP contribution in [0.25, 0.3) is 11.1 Å². The second-order valence-corrected chi connectivity index (χ2v) is 5.64. The Kier molecular flexibility index (Phi) is 5.75. The number of hydrogen-bond donors (Lipinski definition) is 0. The molecule has 24 heavy (non-hydrogen) atoms. The number of hydrogen-bond acceptors (Lipinski definition) is 4. The smallest absolute Gasteiger partial charge is 0.199 e. The van der Waals surface area contributed by atoms with Crippen LogP contribution in [0.5, 0.6) is 5.75 Å². The second-order valence-electron chi connectivity index (χ2n) is 5.64. The molecule has 4 heteroatoms. The maximum Gasteiger partial charge on any atom is 0.199 e. The Morgan fingerprint density at radius 2 is 1.88 bits per heavy atom. The maximum atomic E-state index is 5.89. The van der Waals surface area contributed by atoms with Crippen molar-refractivity contribution in [2.75, 3.05) is 13.7 Å². The molecule has 1 atom stereocenters. The topological polar surface area (TPSA) is 43.2 Å². The van der Waals surface area contributed by atoms with Crippen LogP contribution < -0.4 is 4.74 Å². The second kappa shape index (κ2) is 8.41. The highest BCUT2D eigenvalue weighted by atomic mass is 16.7. The van der Waals surface area contributed by atoms with E-state index in [1.54, 1.807) is 19.5 Å². The van der Waals surface area contributed by atoms with Crippen LogP contribution in [0.2, 0.25) is 0 Å². The van der Waals surface area contributed by atoms with E-state index in [-0.39, 0.29) is 6.29 Å². The van der Waals surface area contributed by atoms with Crippen LogP contribution in [0.15, 0.2) is 58.5 Å². The predicted octanol–water partition coefficient (Wildman–Crippen LogP) is 4.66. The van der Waals surface area contributed by atoms with E-state index in [4.69, 9.17) is 9.47 Å². The van der Waals surface area contributed by atoms with Crippen molar-refractivity contribution in [1.82, 2.24) is 0 Å². The lowest BCUT2D eigenvalue weighted by atomic mass is 10.0. The average Bonchev–Trinajstić information content (AvgIpc) is 2.64. The van der Waals surface area contributed by atoms with Gasteiger partial charge in [-0.25, -0.2) is 0 Å². The van der Waals surface area contributed by atoms with Gasteiger partial charge in [0, 0.05) is 31.5 Å². The average molecular weight is 322 g/mol. The third-order valence-corrected chi connectivity index (χ3v) is 3.90. The van der Waals surface area contributed by atoms with Crippen LogP contribution in [0.4, 0.5) is 5.69 Å². The van der Waals surface area contributed by atoms with Crippen LogP contribution in [-0.2, 0) is 4.74 Å². The largest absolute Gasteiger partial charge is 0.465 e. The SMILES string of the molecule is CN=CC=Nc1ccccc1-c1ccc(OC2CCCCO2)cc1. The van der Waals surface area contributed by atoms with E-state index < -0.39 is 0 Å². The van der Waals surface area contributed by atoms with Gasteiger partial charge in [-0.3, -0.25) is 9.98 Å². The van der Waals surface area contributed by atoms with Gasteiger partial charge in [-0.1, -0.05) is 30.3 Å². The van der Waals surface area contributed by atoms with Crippen molar-refractivity contribution in [3.8, 4) is 16.9 Å². The van der Waals surface area contributed by atoms with Crippen LogP contribution in [0.1, 0.15) is 19.3 Å². The normalized spacial score (nSPS) is 18.3. The molecule has 3 rings (SSSR count). The third-order valence-electron chi connectivity index (χ3n) is 3.90. The molecule has 0 aliphatic carbocycles. The summed E-state index contributed by atoms with van der Waals surface area (Å²) in [4.78, 5) is 8.38. The van der Waals surface area contributed by atoms with Crippen molar-refractivity contribution in [1.29, 1.82) is 0 Å². The molecule has 0 N–H and O–H groups in total. The standard InChI is InChI=1S/C20H22N2O2/c1-21-13-14-22-19-7-3-2-6-18(19)16-9-11-17(12-10-16)24-20-8-4-5-15-23-20/h2-3,6-7,9-14,20H,4-5,8,15H2,1H3. The van der Waals surface area contributed by atoms with Gasteiger partial charge in [0.2, 0.25) is 0 Å². The molecule has 1 unspecified atom stereocenters. The predicted molar refractivity (Wildman–Crippen MR) is 98.7 cm³/mol.